The lowest BCUT2D eigenvalue weighted by Gasteiger charge is -2.03. The van der Waals surface area contributed by atoms with E-state index in [1.165, 1.54) is 0 Å². The van der Waals surface area contributed by atoms with Gasteiger partial charge in [0.15, 0.2) is 0 Å². The van der Waals surface area contributed by atoms with Crippen molar-refractivity contribution in [3.05, 3.63) is 40.7 Å². The smallest absolute Gasteiger partial charge is 0.0717 e. The van der Waals surface area contributed by atoms with Crippen molar-refractivity contribution in [3.63, 3.8) is 0 Å². The Hall–Kier alpha value is -0.240. The molecule has 1 radical (unpaired) electrons. The fraction of sp³-hybridized carbons (Fsp3) is 0.300. The predicted molar refractivity (Wildman–Crippen MR) is 56.1 cm³/mol. The third kappa shape index (κ3) is 3.55. The molecule has 0 aromatic heterocycles. The molecule has 0 unspecified atom stereocenters. The van der Waals surface area contributed by atoms with Gasteiger partial charge < -0.3 is 4.74 Å². The summed E-state index contributed by atoms with van der Waals surface area (Å²) in [6, 6.07) is 5.48. The lowest BCUT2D eigenvalue weighted by Crippen LogP contribution is -1.93. The molecule has 1 aromatic rings. The molecule has 0 spiro atoms. The van der Waals surface area contributed by atoms with Crippen molar-refractivity contribution in [1.29, 1.82) is 0 Å². The van der Waals surface area contributed by atoms with Gasteiger partial charge in [-0.05, 0) is 24.1 Å². The van der Waals surface area contributed by atoms with Crippen LogP contribution in [0.15, 0.2) is 18.2 Å². The molecular formula is C10H11Cl2O. The Balaban J connectivity index is 2.53. The van der Waals surface area contributed by atoms with Crippen LogP contribution in [0.5, 0.6) is 0 Å². The molecule has 71 valence electrons. The first-order valence-electron chi connectivity index (χ1n) is 4.05. The summed E-state index contributed by atoms with van der Waals surface area (Å²) < 4.78 is 5.30. The van der Waals surface area contributed by atoms with E-state index in [9.17, 15) is 0 Å². The molecular weight excluding hydrogens is 207 g/mol. The minimum absolute atomic E-state index is 0.562. The molecule has 3 heteroatoms. The average Bonchev–Trinajstić information content (AvgIpc) is 2.12. The van der Waals surface area contributed by atoms with Crippen molar-refractivity contribution in [2.75, 3.05) is 6.61 Å². The number of hydrogen-bond donors (Lipinski definition) is 0. The normalized spacial score (nSPS) is 10.4. The first-order chi connectivity index (χ1) is 6.24. The Kier molecular flexibility index (Phi) is 4.57. The van der Waals surface area contributed by atoms with Gasteiger partial charge in [-0.25, -0.2) is 0 Å². The number of hydrogen-bond acceptors (Lipinski definition) is 1. The van der Waals surface area contributed by atoms with Crippen molar-refractivity contribution in [2.45, 2.75) is 13.0 Å². The molecule has 0 aliphatic carbocycles. The molecule has 1 rings (SSSR count). The molecule has 1 aromatic carbocycles. The highest BCUT2D eigenvalue weighted by atomic mass is 35.5. The van der Waals surface area contributed by atoms with Gasteiger partial charge in [0, 0.05) is 6.61 Å². The lowest BCUT2D eigenvalue weighted by molar-refractivity contribution is 0.125. The monoisotopic (exact) mass is 217 g/mol. The van der Waals surface area contributed by atoms with Gasteiger partial charge in [0.1, 0.15) is 0 Å². The maximum atomic E-state index is 5.83. The van der Waals surface area contributed by atoms with E-state index < -0.39 is 0 Å². The Morgan fingerprint density at radius 1 is 1.23 bits per heavy atom. The van der Waals surface area contributed by atoms with Crippen molar-refractivity contribution in [2.24, 2.45) is 0 Å². The van der Waals surface area contributed by atoms with E-state index >= 15 is 0 Å². The van der Waals surface area contributed by atoms with E-state index in [4.69, 9.17) is 27.9 Å². The standard InChI is InChI=1S/C10H11Cl2O/c1-2-5-13-7-8-3-4-9(11)10(12)6-8/h3-4,6H,1-2,5,7H2. The largest absolute Gasteiger partial charge is 0.377 e. The third-order valence-corrected chi connectivity index (χ3v) is 2.28. The molecule has 0 bridgehead atoms. The second-order valence-electron chi connectivity index (χ2n) is 2.65. The Bertz CT molecular complexity index is 274. The van der Waals surface area contributed by atoms with Gasteiger partial charge in [0.25, 0.3) is 0 Å². The number of benzene rings is 1. The van der Waals surface area contributed by atoms with E-state index in [0.29, 0.717) is 23.3 Å². The van der Waals surface area contributed by atoms with E-state index in [0.717, 1.165) is 12.0 Å². The van der Waals surface area contributed by atoms with Crippen LogP contribution in [0.4, 0.5) is 0 Å². The Morgan fingerprint density at radius 3 is 2.62 bits per heavy atom. The highest BCUT2D eigenvalue weighted by Crippen LogP contribution is 2.22. The van der Waals surface area contributed by atoms with Crippen LogP contribution < -0.4 is 0 Å². The Morgan fingerprint density at radius 2 is 2.00 bits per heavy atom. The zero-order valence-electron chi connectivity index (χ0n) is 7.22. The molecule has 0 N–H and O–H groups in total. The van der Waals surface area contributed by atoms with E-state index in [1.807, 2.05) is 12.1 Å². The number of halogens is 2. The second kappa shape index (κ2) is 5.48. The van der Waals surface area contributed by atoms with Crippen molar-refractivity contribution in [3.8, 4) is 0 Å². The van der Waals surface area contributed by atoms with E-state index in [-0.39, 0.29) is 0 Å². The first kappa shape index (κ1) is 10.8. The first-order valence-corrected chi connectivity index (χ1v) is 4.80. The number of rotatable bonds is 4. The molecule has 0 saturated heterocycles. The van der Waals surface area contributed by atoms with Crippen LogP contribution in [-0.4, -0.2) is 6.61 Å². The quantitative estimate of drug-likeness (QED) is 0.699. The summed E-state index contributed by atoms with van der Waals surface area (Å²) in [6.07, 6.45) is 0.779. The van der Waals surface area contributed by atoms with Gasteiger partial charge in [-0.3, -0.25) is 0 Å². The summed E-state index contributed by atoms with van der Waals surface area (Å²) in [7, 11) is 0. The maximum absolute atomic E-state index is 5.83. The SMILES string of the molecule is [CH2]CCOCc1ccc(Cl)c(Cl)c1. The molecule has 13 heavy (non-hydrogen) atoms. The van der Waals surface area contributed by atoms with Crippen LogP contribution in [-0.2, 0) is 11.3 Å². The third-order valence-electron chi connectivity index (χ3n) is 1.54. The Labute approximate surface area is 88.6 Å². The van der Waals surface area contributed by atoms with Gasteiger partial charge >= 0.3 is 0 Å². The molecule has 0 saturated carbocycles. The summed E-state index contributed by atoms with van der Waals surface area (Å²) in [5.41, 5.74) is 1.03. The minimum Gasteiger partial charge on any atom is -0.377 e. The maximum Gasteiger partial charge on any atom is 0.0717 e. The van der Waals surface area contributed by atoms with Crippen LogP contribution in [0.2, 0.25) is 10.0 Å². The molecule has 1 nitrogen and oxygen atoms in total. The summed E-state index contributed by atoms with van der Waals surface area (Å²) >= 11 is 11.6. The van der Waals surface area contributed by atoms with Crippen molar-refractivity contribution < 1.29 is 4.74 Å². The molecule has 0 heterocycles. The average molecular weight is 218 g/mol. The highest BCUT2D eigenvalue weighted by molar-refractivity contribution is 6.41. The van der Waals surface area contributed by atoms with E-state index in [2.05, 4.69) is 6.92 Å². The van der Waals surface area contributed by atoms with Gasteiger partial charge in [-0.1, -0.05) is 36.2 Å². The molecule has 0 amide bonds. The summed E-state index contributed by atoms with van der Waals surface area (Å²) in [5, 5.41) is 1.14. The number of ether oxygens (including phenoxy) is 1. The molecule has 0 fully saturated rings. The van der Waals surface area contributed by atoms with Gasteiger partial charge in [0.2, 0.25) is 0 Å². The summed E-state index contributed by atoms with van der Waals surface area (Å²) in [5.74, 6) is 0. The topological polar surface area (TPSA) is 9.23 Å². The lowest BCUT2D eigenvalue weighted by atomic mass is 10.2. The van der Waals surface area contributed by atoms with Crippen LogP contribution in [0.1, 0.15) is 12.0 Å². The van der Waals surface area contributed by atoms with Crippen LogP contribution in [0, 0.1) is 6.92 Å². The predicted octanol–water partition coefficient (Wildman–Crippen LogP) is 3.73. The van der Waals surface area contributed by atoms with Gasteiger partial charge in [-0.15, -0.1) is 0 Å². The van der Waals surface area contributed by atoms with Crippen molar-refractivity contribution in [1.82, 2.24) is 0 Å². The minimum atomic E-state index is 0.562. The molecule has 0 aliphatic heterocycles. The van der Waals surface area contributed by atoms with Gasteiger partial charge in [-0.2, -0.15) is 0 Å². The second-order valence-corrected chi connectivity index (χ2v) is 3.47. The molecule has 0 aliphatic rings. The van der Waals surface area contributed by atoms with E-state index in [1.54, 1.807) is 6.07 Å². The fourth-order valence-corrected chi connectivity index (χ4v) is 1.24. The molecule has 0 atom stereocenters. The zero-order valence-corrected chi connectivity index (χ0v) is 8.74. The van der Waals surface area contributed by atoms with Crippen molar-refractivity contribution >= 4 is 23.2 Å². The fourth-order valence-electron chi connectivity index (χ4n) is 0.921. The summed E-state index contributed by atoms with van der Waals surface area (Å²) in [6.45, 7) is 4.91. The highest BCUT2D eigenvalue weighted by Gasteiger charge is 1.98. The van der Waals surface area contributed by atoms with Crippen LogP contribution >= 0.6 is 23.2 Å². The van der Waals surface area contributed by atoms with Crippen LogP contribution in [0.25, 0.3) is 0 Å². The summed E-state index contributed by atoms with van der Waals surface area (Å²) in [4.78, 5) is 0. The van der Waals surface area contributed by atoms with Gasteiger partial charge in [0.05, 0.1) is 16.7 Å². The zero-order chi connectivity index (χ0) is 9.68. The van der Waals surface area contributed by atoms with Crippen LogP contribution in [0.3, 0.4) is 0 Å².